The van der Waals surface area contributed by atoms with E-state index in [4.69, 9.17) is 23.2 Å². The van der Waals surface area contributed by atoms with Crippen LogP contribution in [-0.2, 0) is 0 Å². The molecule has 0 aliphatic rings. The van der Waals surface area contributed by atoms with E-state index in [1.165, 1.54) is 36.4 Å². The fourth-order valence-electron chi connectivity index (χ4n) is 2.44. The minimum Gasteiger partial charge on any atom is -0.319 e. The summed E-state index contributed by atoms with van der Waals surface area (Å²) in [5, 5.41) is 5.14. The van der Waals surface area contributed by atoms with Crippen LogP contribution in [0.5, 0.6) is 0 Å². The summed E-state index contributed by atoms with van der Waals surface area (Å²) in [6.45, 7) is 0. The lowest BCUT2D eigenvalue weighted by Crippen LogP contribution is -2.21. The van der Waals surface area contributed by atoms with Crippen molar-refractivity contribution in [3.8, 4) is 0 Å². The first-order chi connectivity index (χ1) is 13.3. The summed E-state index contributed by atoms with van der Waals surface area (Å²) in [7, 11) is 0. The lowest BCUT2D eigenvalue weighted by molar-refractivity contribution is 0.0990. The van der Waals surface area contributed by atoms with E-state index in [1.807, 2.05) is 0 Å². The van der Waals surface area contributed by atoms with Gasteiger partial charge in [0, 0.05) is 10.0 Å². The van der Waals surface area contributed by atoms with Gasteiger partial charge < -0.3 is 10.6 Å². The number of hydrogen-bond acceptors (Lipinski definition) is 2. The highest BCUT2D eigenvalue weighted by molar-refractivity contribution is 6.31. The quantitative estimate of drug-likeness (QED) is 0.562. The third kappa shape index (κ3) is 4.47. The van der Waals surface area contributed by atoms with Gasteiger partial charge in [0.1, 0.15) is 11.6 Å². The molecule has 3 aromatic rings. The molecule has 0 atom stereocenters. The van der Waals surface area contributed by atoms with Crippen LogP contribution >= 0.6 is 23.2 Å². The summed E-state index contributed by atoms with van der Waals surface area (Å²) < 4.78 is 27.8. The standard InChI is InChI=1S/C20H12Cl2F2N2O2/c21-11-5-7-17(15(23)9-11)25-19(27)13-3-1-2-4-14(13)20(28)26-18-8-6-12(22)10-16(18)24/h1-10H,(H,25,27)(H,26,28). The Kier molecular flexibility index (Phi) is 5.92. The van der Waals surface area contributed by atoms with E-state index >= 15 is 0 Å². The Morgan fingerprint density at radius 3 is 1.43 bits per heavy atom. The second kappa shape index (κ2) is 8.37. The van der Waals surface area contributed by atoms with Gasteiger partial charge in [0.25, 0.3) is 11.8 Å². The van der Waals surface area contributed by atoms with Gasteiger partial charge in [0.05, 0.1) is 22.5 Å². The third-order valence-corrected chi connectivity index (χ3v) is 4.25. The van der Waals surface area contributed by atoms with Crippen LogP contribution < -0.4 is 10.6 Å². The number of halogens is 4. The third-order valence-electron chi connectivity index (χ3n) is 3.77. The zero-order valence-electron chi connectivity index (χ0n) is 14.1. The van der Waals surface area contributed by atoms with Gasteiger partial charge in [-0.2, -0.15) is 0 Å². The molecule has 142 valence electrons. The second-order valence-electron chi connectivity index (χ2n) is 5.70. The molecular formula is C20H12Cl2F2N2O2. The topological polar surface area (TPSA) is 58.2 Å². The van der Waals surface area contributed by atoms with Crippen molar-refractivity contribution in [2.24, 2.45) is 0 Å². The molecule has 0 aliphatic carbocycles. The van der Waals surface area contributed by atoms with Gasteiger partial charge in [-0.1, -0.05) is 35.3 Å². The Bertz CT molecular complexity index is 989. The lowest BCUT2D eigenvalue weighted by Gasteiger charge is -2.12. The number of nitrogens with one attached hydrogen (secondary N) is 2. The van der Waals surface area contributed by atoms with Gasteiger partial charge in [-0.3, -0.25) is 9.59 Å². The number of rotatable bonds is 4. The van der Waals surface area contributed by atoms with E-state index in [2.05, 4.69) is 10.6 Å². The van der Waals surface area contributed by atoms with Gasteiger partial charge in [-0.15, -0.1) is 0 Å². The molecule has 0 bridgehead atoms. The molecule has 0 saturated heterocycles. The highest BCUT2D eigenvalue weighted by atomic mass is 35.5. The molecule has 28 heavy (non-hydrogen) atoms. The number of benzene rings is 3. The molecular weight excluding hydrogens is 409 g/mol. The SMILES string of the molecule is O=C(Nc1ccc(Cl)cc1F)c1ccccc1C(=O)Nc1ccc(Cl)cc1F. The van der Waals surface area contributed by atoms with Crippen molar-refractivity contribution in [1.29, 1.82) is 0 Å². The molecule has 2 N–H and O–H groups in total. The smallest absolute Gasteiger partial charge is 0.256 e. The van der Waals surface area contributed by atoms with Crippen LogP contribution in [0, 0.1) is 11.6 Å². The van der Waals surface area contributed by atoms with Crippen LogP contribution in [0.4, 0.5) is 20.2 Å². The molecule has 0 saturated carbocycles. The lowest BCUT2D eigenvalue weighted by atomic mass is 10.1. The average Bonchev–Trinajstić information content (AvgIpc) is 2.66. The van der Waals surface area contributed by atoms with E-state index in [0.29, 0.717) is 0 Å². The highest BCUT2D eigenvalue weighted by Crippen LogP contribution is 2.22. The summed E-state index contributed by atoms with van der Waals surface area (Å²) in [5.74, 6) is -2.84. The molecule has 0 fully saturated rings. The Hall–Kier alpha value is -2.96. The zero-order chi connectivity index (χ0) is 20.3. The first-order valence-corrected chi connectivity index (χ1v) is 8.72. The minimum absolute atomic E-state index is 0.0104. The van der Waals surface area contributed by atoms with Crippen LogP contribution in [-0.4, -0.2) is 11.8 Å². The van der Waals surface area contributed by atoms with E-state index in [9.17, 15) is 18.4 Å². The van der Waals surface area contributed by atoms with Crippen LogP contribution in [0.1, 0.15) is 20.7 Å². The number of anilines is 2. The Morgan fingerprint density at radius 1 is 0.679 bits per heavy atom. The number of carbonyl (C=O) groups excluding carboxylic acids is 2. The van der Waals surface area contributed by atoms with E-state index in [0.717, 1.165) is 12.1 Å². The Labute approximate surface area is 169 Å². The number of hydrogen-bond donors (Lipinski definition) is 2. The molecule has 0 radical (unpaired) electrons. The first-order valence-electron chi connectivity index (χ1n) is 7.97. The van der Waals surface area contributed by atoms with Crippen molar-refractivity contribution in [2.45, 2.75) is 0 Å². The summed E-state index contributed by atoms with van der Waals surface area (Å²) in [5.41, 5.74) is -0.200. The largest absolute Gasteiger partial charge is 0.319 e. The monoisotopic (exact) mass is 420 g/mol. The predicted octanol–water partition coefficient (Wildman–Crippen LogP) is 5.78. The fourth-order valence-corrected chi connectivity index (χ4v) is 2.76. The van der Waals surface area contributed by atoms with Crippen molar-refractivity contribution in [1.82, 2.24) is 0 Å². The molecule has 8 heteroatoms. The average molecular weight is 421 g/mol. The maximum Gasteiger partial charge on any atom is 0.256 e. The maximum atomic E-state index is 13.9. The Balaban J connectivity index is 1.85. The maximum absolute atomic E-state index is 13.9. The van der Waals surface area contributed by atoms with Crippen molar-refractivity contribution >= 4 is 46.4 Å². The van der Waals surface area contributed by atoms with Crippen molar-refractivity contribution in [3.05, 3.63) is 93.5 Å². The molecule has 0 unspecified atom stereocenters. The molecule has 3 aromatic carbocycles. The number of carbonyl (C=O) groups is 2. The molecule has 2 amide bonds. The molecule has 0 heterocycles. The normalized spacial score (nSPS) is 10.4. The van der Waals surface area contributed by atoms with Crippen LogP contribution in [0.25, 0.3) is 0 Å². The predicted molar refractivity (Wildman–Crippen MR) is 105 cm³/mol. The van der Waals surface area contributed by atoms with Crippen molar-refractivity contribution in [3.63, 3.8) is 0 Å². The summed E-state index contributed by atoms with van der Waals surface area (Å²) in [6, 6.07) is 13.5. The van der Waals surface area contributed by atoms with E-state index in [-0.39, 0.29) is 32.5 Å². The van der Waals surface area contributed by atoms with Gasteiger partial charge in [0.2, 0.25) is 0 Å². The summed E-state index contributed by atoms with van der Waals surface area (Å²) >= 11 is 11.4. The molecule has 0 spiro atoms. The molecule has 0 aliphatic heterocycles. The second-order valence-corrected chi connectivity index (χ2v) is 6.58. The Morgan fingerprint density at radius 2 is 1.07 bits per heavy atom. The van der Waals surface area contributed by atoms with Crippen molar-refractivity contribution < 1.29 is 18.4 Å². The van der Waals surface area contributed by atoms with Gasteiger partial charge in [-0.25, -0.2) is 8.78 Å². The fraction of sp³-hybridized carbons (Fsp3) is 0. The van der Waals surface area contributed by atoms with Crippen molar-refractivity contribution in [2.75, 3.05) is 10.6 Å². The van der Waals surface area contributed by atoms with Crippen LogP contribution in [0.3, 0.4) is 0 Å². The molecule has 0 aromatic heterocycles. The highest BCUT2D eigenvalue weighted by Gasteiger charge is 2.19. The van der Waals surface area contributed by atoms with Gasteiger partial charge in [-0.05, 0) is 48.5 Å². The zero-order valence-corrected chi connectivity index (χ0v) is 15.6. The van der Waals surface area contributed by atoms with Gasteiger partial charge >= 0.3 is 0 Å². The minimum atomic E-state index is -0.717. The molecule has 3 rings (SSSR count). The van der Waals surface area contributed by atoms with Crippen LogP contribution in [0.2, 0.25) is 10.0 Å². The summed E-state index contributed by atoms with van der Waals surface area (Å²) in [6.07, 6.45) is 0. The first kappa shape index (κ1) is 19.8. The van der Waals surface area contributed by atoms with Crippen LogP contribution in [0.15, 0.2) is 60.7 Å². The van der Waals surface area contributed by atoms with Gasteiger partial charge in [0.15, 0.2) is 0 Å². The molecule has 4 nitrogen and oxygen atoms in total. The number of amides is 2. The van der Waals surface area contributed by atoms with E-state index < -0.39 is 23.4 Å². The van der Waals surface area contributed by atoms with E-state index in [1.54, 1.807) is 12.1 Å². The summed E-state index contributed by atoms with van der Waals surface area (Å²) in [4.78, 5) is 25.1.